The molecule has 0 aliphatic carbocycles. The molecule has 0 spiro atoms. The van der Waals surface area contributed by atoms with Crippen LogP contribution in [0.1, 0.15) is 12.8 Å². The van der Waals surface area contributed by atoms with E-state index in [2.05, 4.69) is 10.6 Å². The quantitative estimate of drug-likeness (QED) is 0.460. The number of benzene rings is 1. The molecule has 0 unspecified atom stereocenters. The van der Waals surface area contributed by atoms with Gasteiger partial charge in [-0.15, -0.1) is 0 Å². The van der Waals surface area contributed by atoms with Gasteiger partial charge in [-0.1, -0.05) is 0 Å². The number of nitro groups is 1. The van der Waals surface area contributed by atoms with Gasteiger partial charge in [0.2, 0.25) is 5.91 Å². The lowest BCUT2D eigenvalue weighted by Gasteiger charge is -2.05. The second kappa shape index (κ2) is 6.65. The van der Waals surface area contributed by atoms with Crippen molar-refractivity contribution in [2.75, 3.05) is 18.9 Å². The molecule has 0 bridgehead atoms. The molecule has 0 radical (unpaired) electrons. The first-order valence-electron chi connectivity index (χ1n) is 5.43. The molecule has 1 amide bonds. The maximum atomic E-state index is 12.9. The minimum absolute atomic E-state index is 0.0101. The number of hydrogen-bond donors (Lipinski definition) is 2. The monoisotopic (exact) mass is 255 g/mol. The Labute approximate surface area is 103 Å². The van der Waals surface area contributed by atoms with Gasteiger partial charge in [0.05, 0.1) is 11.0 Å². The summed E-state index contributed by atoms with van der Waals surface area (Å²) in [4.78, 5) is 21.5. The Morgan fingerprint density at radius 2 is 2.22 bits per heavy atom. The number of carbonyl (C=O) groups excluding carboxylic acids is 1. The summed E-state index contributed by atoms with van der Waals surface area (Å²) in [5.74, 6) is -1.05. The molecule has 0 aliphatic rings. The summed E-state index contributed by atoms with van der Waals surface area (Å²) in [5.41, 5.74) is -0.437. The first kappa shape index (κ1) is 14.0. The first-order chi connectivity index (χ1) is 8.54. The molecule has 0 aromatic heterocycles. The lowest BCUT2D eigenvalue weighted by molar-refractivity contribution is -0.384. The fraction of sp³-hybridized carbons (Fsp3) is 0.364. The Morgan fingerprint density at radius 1 is 1.50 bits per heavy atom. The Kier molecular flexibility index (Phi) is 5.19. The van der Waals surface area contributed by atoms with Crippen molar-refractivity contribution in [3.05, 3.63) is 34.1 Å². The highest BCUT2D eigenvalue weighted by Crippen LogP contribution is 2.25. The third-order valence-electron chi connectivity index (χ3n) is 2.26. The van der Waals surface area contributed by atoms with E-state index in [1.807, 2.05) is 0 Å². The van der Waals surface area contributed by atoms with Crippen LogP contribution in [0.3, 0.4) is 0 Å². The smallest absolute Gasteiger partial charge is 0.295 e. The van der Waals surface area contributed by atoms with E-state index in [9.17, 15) is 19.3 Å². The maximum absolute atomic E-state index is 12.9. The zero-order valence-corrected chi connectivity index (χ0v) is 9.90. The normalized spacial score (nSPS) is 10.1. The number of anilines is 1. The minimum Gasteiger partial charge on any atom is -0.320 e. The average molecular weight is 255 g/mol. The van der Waals surface area contributed by atoms with E-state index in [1.165, 1.54) is 6.07 Å². The molecule has 18 heavy (non-hydrogen) atoms. The molecule has 0 fully saturated rings. The topological polar surface area (TPSA) is 84.3 Å². The van der Waals surface area contributed by atoms with Crippen LogP contribution in [0.15, 0.2) is 18.2 Å². The third-order valence-corrected chi connectivity index (χ3v) is 2.26. The Bertz CT molecular complexity index is 451. The number of nitro benzene ring substituents is 1. The number of halogens is 1. The van der Waals surface area contributed by atoms with Crippen molar-refractivity contribution in [3.63, 3.8) is 0 Å². The summed E-state index contributed by atoms with van der Waals surface area (Å²) in [5, 5.41) is 16.0. The summed E-state index contributed by atoms with van der Waals surface area (Å²) >= 11 is 0. The van der Waals surface area contributed by atoms with E-state index in [0.29, 0.717) is 13.0 Å². The summed E-state index contributed by atoms with van der Waals surface area (Å²) in [6.45, 7) is 0.679. The van der Waals surface area contributed by atoms with Gasteiger partial charge < -0.3 is 10.6 Å². The van der Waals surface area contributed by atoms with Crippen molar-refractivity contribution < 1.29 is 14.1 Å². The molecular formula is C11H14FN3O3. The number of rotatable bonds is 6. The van der Waals surface area contributed by atoms with Crippen LogP contribution in [0.2, 0.25) is 0 Å². The van der Waals surface area contributed by atoms with Gasteiger partial charge in [-0.2, -0.15) is 0 Å². The van der Waals surface area contributed by atoms with Crippen LogP contribution < -0.4 is 10.6 Å². The molecule has 0 heterocycles. The molecular weight excluding hydrogens is 241 g/mol. The van der Waals surface area contributed by atoms with Gasteiger partial charge in [0.25, 0.3) is 5.69 Å². The fourth-order valence-corrected chi connectivity index (χ4v) is 1.40. The minimum atomic E-state index is -0.730. The van der Waals surface area contributed by atoms with Crippen LogP contribution in [0.25, 0.3) is 0 Å². The number of hydrogen-bond acceptors (Lipinski definition) is 4. The molecule has 2 N–H and O–H groups in total. The van der Waals surface area contributed by atoms with E-state index in [4.69, 9.17) is 0 Å². The zero-order chi connectivity index (χ0) is 13.5. The molecule has 0 saturated heterocycles. The van der Waals surface area contributed by atoms with Crippen LogP contribution >= 0.6 is 0 Å². The van der Waals surface area contributed by atoms with Crippen molar-refractivity contribution in [2.45, 2.75) is 12.8 Å². The summed E-state index contributed by atoms with van der Waals surface area (Å²) in [6, 6.07) is 3.03. The van der Waals surface area contributed by atoms with Crippen molar-refractivity contribution in [1.29, 1.82) is 0 Å². The van der Waals surface area contributed by atoms with E-state index in [1.54, 1.807) is 7.05 Å². The highest BCUT2D eigenvalue weighted by molar-refractivity contribution is 5.93. The van der Waals surface area contributed by atoms with Crippen molar-refractivity contribution in [1.82, 2.24) is 5.32 Å². The van der Waals surface area contributed by atoms with Gasteiger partial charge in [-0.05, 0) is 32.1 Å². The number of carbonyl (C=O) groups is 1. The van der Waals surface area contributed by atoms with Gasteiger partial charge in [-0.3, -0.25) is 14.9 Å². The van der Waals surface area contributed by atoms with Crippen LogP contribution in [0, 0.1) is 15.9 Å². The third kappa shape index (κ3) is 4.10. The number of nitrogens with zero attached hydrogens (tertiary/aromatic N) is 1. The second-order valence-corrected chi connectivity index (χ2v) is 3.67. The molecule has 0 atom stereocenters. The molecule has 6 nitrogen and oxygen atoms in total. The van der Waals surface area contributed by atoms with Crippen molar-refractivity contribution in [3.8, 4) is 0 Å². The highest BCUT2D eigenvalue weighted by Gasteiger charge is 2.16. The summed E-state index contributed by atoms with van der Waals surface area (Å²) in [7, 11) is 1.77. The van der Waals surface area contributed by atoms with Crippen LogP contribution in [0.4, 0.5) is 15.8 Å². The van der Waals surface area contributed by atoms with E-state index in [0.717, 1.165) is 12.1 Å². The van der Waals surface area contributed by atoms with Gasteiger partial charge in [0.1, 0.15) is 11.5 Å². The lowest BCUT2D eigenvalue weighted by Crippen LogP contribution is -2.16. The van der Waals surface area contributed by atoms with Gasteiger partial charge in [0.15, 0.2) is 0 Å². The standard InChI is InChI=1S/C11H14FN3O3/c1-13-6-2-3-11(16)14-9-5-4-8(12)7-10(9)15(17)18/h4-5,7,13H,2-3,6H2,1H3,(H,14,16). The SMILES string of the molecule is CNCCCC(=O)Nc1ccc(F)cc1[N+](=O)[O-]. The molecule has 1 aromatic rings. The molecule has 7 heteroatoms. The Hall–Kier alpha value is -2.02. The van der Waals surface area contributed by atoms with Crippen LogP contribution in [-0.2, 0) is 4.79 Å². The lowest BCUT2D eigenvalue weighted by atomic mass is 10.2. The second-order valence-electron chi connectivity index (χ2n) is 3.67. The molecule has 0 aliphatic heterocycles. The molecule has 1 rings (SSSR count). The van der Waals surface area contributed by atoms with E-state index in [-0.39, 0.29) is 18.0 Å². The van der Waals surface area contributed by atoms with Gasteiger partial charge in [-0.25, -0.2) is 4.39 Å². The van der Waals surface area contributed by atoms with Gasteiger partial charge in [0, 0.05) is 6.42 Å². The van der Waals surface area contributed by atoms with E-state index >= 15 is 0 Å². The van der Waals surface area contributed by atoms with Crippen molar-refractivity contribution >= 4 is 17.3 Å². The van der Waals surface area contributed by atoms with E-state index < -0.39 is 16.4 Å². The number of nitrogens with one attached hydrogen (secondary N) is 2. The Balaban J connectivity index is 2.72. The Morgan fingerprint density at radius 3 is 2.83 bits per heavy atom. The van der Waals surface area contributed by atoms with Gasteiger partial charge >= 0.3 is 0 Å². The zero-order valence-electron chi connectivity index (χ0n) is 9.90. The highest BCUT2D eigenvalue weighted by atomic mass is 19.1. The maximum Gasteiger partial charge on any atom is 0.295 e. The largest absolute Gasteiger partial charge is 0.320 e. The first-order valence-corrected chi connectivity index (χ1v) is 5.43. The van der Waals surface area contributed by atoms with Crippen molar-refractivity contribution in [2.24, 2.45) is 0 Å². The van der Waals surface area contributed by atoms with Crippen LogP contribution in [-0.4, -0.2) is 24.4 Å². The molecule has 98 valence electrons. The predicted molar refractivity (Wildman–Crippen MR) is 64.8 cm³/mol. The molecule has 1 aromatic carbocycles. The average Bonchev–Trinajstić information content (AvgIpc) is 2.31. The molecule has 0 saturated carbocycles. The summed E-state index contributed by atoms with van der Waals surface area (Å²) in [6.07, 6.45) is 0.868. The number of amides is 1. The fourth-order valence-electron chi connectivity index (χ4n) is 1.40. The summed E-state index contributed by atoms with van der Waals surface area (Å²) < 4.78 is 12.9. The van der Waals surface area contributed by atoms with Crippen LogP contribution in [0.5, 0.6) is 0 Å². The predicted octanol–water partition coefficient (Wildman–Crippen LogP) is 1.67.